The minimum atomic E-state index is -0.0896. The zero-order valence-corrected chi connectivity index (χ0v) is 14.5. The van der Waals surface area contributed by atoms with Crippen molar-refractivity contribution in [1.29, 1.82) is 0 Å². The Balaban J connectivity index is 1.70. The highest BCUT2D eigenvalue weighted by atomic mass is 16.4. The summed E-state index contributed by atoms with van der Waals surface area (Å²) in [7, 11) is 0. The molecule has 0 saturated carbocycles. The molecule has 0 radical (unpaired) electrons. The average molecular weight is 332 g/mol. The van der Waals surface area contributed by atoms with Crippen LogP contribution < -0.4 is 4.90 Å². The topological polar surface area (TPSA) is 46.3 Å². The predicted molar refractivity (Wildman–Crippen MR) is 97.9 cm³/mol. The minimum absolute atomic E-state index is 0.0896. The first-order chi connectivity index (χ1) is 12.1. The number of anilines is 1. The second-order valence-electron chi connectivity index (χ2n) is 6.48. The summed E-state index contributed by atoms with van der Waals surface area (Å²) in [4.78, 5) is 19.4. The van der Waals surface area contributed by atoms with Gasteiger partial charge in [0.1, 0.15) is 5.76 Å². The van der Waals surface area contributed by atoms with E-state index >= 15 is 0 Å². The van der Waals surface area contributed by atoms with Crippen molar-refractivity contribution < 1.29 is 9.21 Å². The van der Waals surface area contributed by atoms with Crippen LogP contribution in [0.4, 0.5) is 5.69 Å². The number of fused-ring (bicyclic) bond motifs is 1. The number of aromatic nitrogens is 1. The molecule has 0 bridgehead atoms. The lowest BCUT2D eigenvalue weighted by Gasteiger charge is -2.29. The van der Waals surface area contributed by atoms with Crippen molar-refractivity contribution in [3.05, 3.63) is 71.1 Å². The number of benzene rings is 2. The van der Waals surface area contributed by atoms with Crippen LogP contribution in [0.1, 0.15) is 33.8 Å². The molecule has 0 fully saturated rings. The third kappa shape index (κ3) is 2.84. The number of carbonyl (C=O) groups is 1. The van der Waals surface area contributed by atoms with E-state index < -0.39 is 0 Å². The quantitative estimate of drug-likeness (QED) is 0.691. The largest absolute Gasteiger partial charge is 0.441 e. The van der Waals surface area contributed by atoms with E-state index in [4.69, 9.17) is 4.42 Å². The number of hydrogen-bond donors (Lipinski definition) is 0. The molecule has 0 atom stereocenters. The van der Waals surface area contributed by atoms with Gasteiger partial charge in [-0.05, 0) is 50.5 Å². The molecule has 4 nitrogen and oxygen atoms in total. The molecule has 126 valence electrons. The summed E-state index contributed by atoms with van der Waals surface area (Å²) in [5.74, 6) is 0.957. The number of rotatable bonds is 2. The lowest BCUT2D eigenvalue weighted by atomic mass is 9.99. The Morgan fingerprint density at radius 2 is 1.92 bits per heavy atom. The van der Waals surface area contributed by atoms with E-state index in [1.54, 1.807) is 6.92 Å². The van der Waals surface area contributed by atoms with E-state index in [0.29, 0.717) is 23.9 Å². The van der Waals surface area contributed by atoms with Crippen LogP contribution in [0.5, 0.6) is 0 Å². The summed E-state index contributed by atoms with van der Waals surface area (Å²) in [6, 6.07) is 15.9. The van der Waals surface area contributed by atoms with E-state index in [-0.39, 0.29) is 5.91 Å². The van der Waals surface area contributed by atoms with Crippen LogP contribution in [-0.2, 0) is 6.42 Å². The Morgan fingerprint density at radius 1 is 1.12 bits per heavy atom. The zero-order chi connectivity index (χ0) is 17.4. The molecule has 0 spiro atoms. The Kier molecular flexibility index (Phi) is 3.88. The molecule has 0 unspecified atom stereocenters. The van der Waals surface area contributed by atoms with E-state index in [2.05, 4.69) is 24.0 Å². The Morgan fingerprint density at radius 3 is 2.72 bits per heavy atom. The highest BCUT2D eigenvalue weighted by molar-refractivity contribution is 6.06. The molecule has 0 N–H and O–H groups in total. The SMILES string of the molecule is Cc1ccc2c(c1)CCCN2C(=O)c1nc(-c2ccccc2)oc1C. The molecular weight excluding hydrogens is 312 g/mol. The fourth-order valence-corrected chi connectivity index (χ4v) is 3.36. The third-order valence-electron chi connectivity index (χ3n) is 4.62. The number of carbonyl (C=O) groups excluding carboxylic acids is 1. The first-order valence-electron chi connectivity index (χ1n) is 8.58. The maximum atomic E-state index is 13.1. The fourth-order valence-electron chi connectivity index (χ4n) is 3.36. The smallest absolute Gasteiger partial charge is 0.280 e. The van der Waals surface area contributed by atoms with Crippen LogP contribution in [0.25, 0.3) is 11.5 Å². The van der Waals surface area contributed by atoms with E-state index in [1.165, 1.54) is 11.1 Å². The molecule has 1 aromatic heterocycles. The van der Waals surface area contributed by atoms with Gasteiger partial charge in [0.2, 0.25) is 5.89 Å². The van der Waals surface area contributed by atoms with Gasteiger partial charge >= 0.3 is 0 Å². The van der Waals surface area contributed by atoms with E-state index in [9.17, 15) is 4.79 Å². The van der Waals surface area contributed by atoms with Gasteiger partial charge in [-0.3, -0.25) is 4.79 Å². The Bertz CT molecular complexity index is 928. The Hall–Kier alpha value is -2.88. The van der Waals surface area contributed by atoms with Crippen LogP contribution in [-0.4, -0.2) is 17.4 Å². The number of amides is 1. The first-order valence-corrected chi connectivity index (χ1v) is 8.58. The standard InChI is InChI=1S/C21H20N2O2/c1-14-10-11-18-17(13-14)9-6-12-23(18)21(24)19-15(2)25-20(22-19)16-7-4-3-5-8-16/h3-5,7-8,10-11,13H,6,9,12H2,1-2H3. The molecule has 3 aromatic rings. The normalized spacial score (nSPS) is 13.6. The van der Waals surface area contributed by atoms with Gasteiger partial charge in [0.15, 0.2) is 5.69 Å². The second kappa shape index (κ2) is 6.20. The molecule has 25 heavy (non-hydrogen) atoms. The minimum Gasteiger partial charge on any atom is -0.441 e. The highest BCUT2D eigenvalue weighted by Gasteiger charge is 2.28. The van der Waals surface area contributed by atoms with Gasteiger partial charge in [0, 0.05) is 17.8 Å². The highest BCUT2D eigenvalue weighted by Crippen LogP contribution is 2.30. The molecule has 1 amide bonds. The van der Waals surface area contributed by atoms with Crippen molar-refractivity contribution >= 4 is 11.6 Å². The van der Waals surface area contributed by atoms with E-state index in [1.807, 2.05) is 41.3 Å². The molecule has 4 heteroatoms. The lowest BCUT2D eigenvalue weighted by molar-refractivity contribution is 0.0979. The lowest BCUT2D eigenvalue weighted by Crippen LogP contribution is -2.36. The summed E-state index contributed by atoms with van der Waals surface area (Å²) < 4.78 is 5.76. The van der Waals surface area contributed by atoms with Gasteiger partial charge in [0.25, 0.3) is 5.91 Å². The molecule has 2 aromatic carbocycles. The van der Waals surface area contributed by atoms with Gasteiger partial charge in [-0.25, -0.2) is 4.98 Å². The molecule has 0 aliphatic carbocycles. The summed E-state index contributed by atoms with van der Waals surface area (Å²) >= 11 is 0. The van der Waals surface area contributed by atoms with Gasteiger partial charge in [-0.1, -0.05) is 35.9 Å². The van der Waals surface area contributed by atoms with Gasteiger partial charge in [0.05, 0.1) is 0 Å². The zero-order valence-electron chi connectivity index (χ0n) is 14.5. The fraction of sp³-hybridized carbons (Fsp3) is 0.238. The van der Waals surface area contributed by atoms with Crippen molar-refractivity contribution in [3.63, 3.8) is 0 Å². The van der Waals surface area contributed by atoms with Crippen molar-refractivity contribution in [2.75, 3.05) is 11.4 Å². The van der Waals surface area contributed by atoms with E-state index in [0.717, 1.165) is 24.1 Å². The van der Waals surface area contributed by atoms with Crippen molar-refractivity contribution in [1.82, 2.24) is 4.98 Å². The molecule has 0 saturated heterocycles. The van der Waals surface area contributed by atoms with Gasteiger partial charge in [-0.2, -0.15) is 0 Å². The number of aryl methyl sites for hydroxylation is 3. The molecule has 1 aliphatic rings. The number of nitrogens with zero attached hydrogens (tertiary/aromatic N) is 2. The monoisotopic (exact) mass is 332 g/mol. The summed E-state index contributed by atoms with van der Waals surface area (Å²) in [6.07, 6.45) is 1.97. The molecule has 4 rings (SSSR count). The summed E-state index contributed by atoms with van der Waals surface area (Å²) in [6.45, 7) is 4.59. The van der Waals surface area contributed by atoms with Crippen LogP contribution >= 0.6 is 0 Å². The second-order valence-corrected chi connectivity index (χ2v) is 6.48. The third-order valence-corrected chi connectivity index (χ3v) is 4.62. The molecular formula is C21H20N2O2. The van der Waals surface area contributed by atoms with Crippen LogP contribution in [0.15, 0.2) is 52.9 Å². The predicted octanol–water partition coefficient (Wildman–Crippen LogP) is 4.55. The van der Waals surface area contributed by atoms with Crippen molar-refractivity contribution in [3.8, 4) is 11.5 Å². The van der Waals surface area contributed by atoms with Crippen molar-refractivity contribution in [2.45, 2.75) is 26.7 Å². The maximum Gasteiger partial charge on any atom is 0.280 e. The summed E-state index contributed by atoms with van der Waals surface area (Å²) in [5.41, 5.74) is 4.71. The number of oxazole rings is 1. The van der Waals surface area contributed by atoms with Gasteiger partial charge in [-0.15, -0.1) is 0 Å². The van der Waals surface area contributed by atoms with Gasteiger partial charge < -0.3 is 9.32 Å². The first kappa shape index (κ1) is 15.6. The number of hydrogen-bond acceptors (Lipinski definition) is 3. The Labute approximate surface area is 147 Å². The van der Waals surface area contributed by atoms with Crippen LogP contribution in [0, 0.1) is 13.8 Å². The van der Waals surface area contributed by atoms with Crippen LogP contribution in [0.2, 0.25) is 0 Å². The average Bonchev–Trinajstić information content (AvgIpc) is 3.03. The molecule has 2 heterocycles. The molecule has 1 aliphatic heterocycles. The van der Waals surface area contributed by atoms with Crippen molar-refractivity contribution in [2.24, 2.45) is 0 Å². The summed E-state index contributed by atoms with van der Waals surface area (Å²) in [5, 5.41) is 0. The maximum absolute atomic E-state index is 13.1. The van der Waals surface area contributed by atoms with Crippen LogP contribution in [0.3, 0.4) is 0 Å².